The summed E-state index contributed by atoms with van der Waals surface area (Å²) in [5.41, 5.74) is 7.86. The van der Waals surface area contributed by atoms with Gasteiger partial charge in [-0.3, -0.25) is 9.59 Å². The molecule has 1 aliphatic rings. The SMILES string of the molecule is NC(=O)c1c(NC(=O)CSc2ncnc3ccccc23)sc2c1CCC2. The molecule has 1 aromatic carbocycles. The summed E-state index contributed by atoms with van der Waals surface area (Å²) < 4.78 is 0. The lowest BCUT2D eigenvalue weighted by atomic mass is 10.1. The largest absolute Gasteiger partial charge is 0.365 e. The van der Waals surface area contributed by atoms with Crippen LogP contribution in [0.2, 0.25) is 0 Å². The number of aromatic nitrogens is 2. The smallest absolute Gasteiger partial charge is 0.251 e. The maximum Gasteiger partial charge on any atom is 0.251 e. The molecule has 0 aliphatic heterocycles. The lowest BCUT2D eigenvalue weighted by molar-refractivity contribution is -0.113. The summed E-state index contributed by atoms with van der Waals surface area (Å²) in [6, 6.07) is 7.68. The molecule has 2 heterocycles. The lowest BCUT2D eigenvalue weighted by Crippen LogP contribution is -2.19. The van der Waals surface area contributed by atoms with Crippen LogP contribution in [-0.4, -0.2) is 27.5 Å². The Balaban J connectivity index is 1.49. The predicted molar refractivity (Wildman–Crippen MR) is 104 cm³/mol. The summed E-state index contributed by atoms with van der Waals surface area (Å²) >= 11 is 2.81. The molecule has 8 heteroatoms. The molecule has 26 heavy (non-hydrogen) atoms. The van der Waals surface area contributed by atoms with Gasteiger partial charge in [0.05, 0.1) is 16.8 Å². The topological polar surface area (TPSA) is 98.0 Å². The quantitative estimate of drug-likeness (QED) is 0.520. The number of carbonyl (C=O) groups excluding carboxylic acids is 2. The standard InChI is InChI=1S/C18H16N4O2S2/c19-16(24)15-11-5-3-7-13(11)26-18(15)22-14(23)8-25-17-10-4-1-2-6-12(10)20-9-21-17/h1-2,4,6,9H,3,5,7-8H2,(H2,19,24)(H,22,23). The number of thiophene rings is 1. The lowest BCUT2D eigenvalue weighted by Gasteiger charge is -2.07. The average molecular weight is 384 g/mol. The van der Waals surface area contributed by atoms with Gasteiger partial charge in [-0.2, -0.15) is 0 Å². The third kappa shape index (κ3) is 3.17. The zero-order valence-electron chi connectivity index (χ0n) is 13.8. The zero-order chi connectivity index (χ0) is 18.1. The molecule has 1 aliphatic carbocycles. The van der Waals surface area contributed by atoms with Crippen molar-refractivity contribution in [3.05, 3.63) is 46.6 Å². The minimum absolute atomic E-state index is 0.180. The number of nitrogens with zero attached hydrogens (tertiary/aromatic N) is 2. The van der Waals surface area contributed by atoms with E-state index in [0.29, 0.717) is 10.6 Å². The number of rotatable bonds is 5. The molecule has 0 saturated heterocycles. The van der Waals surface area contributed by atoms with Gasteiger partial charge in [-0.05, 0) is 30.9 Å². The molecule has 6 nitrogen and oxygen atoms in total. The van der Waals surface area contributed by atoms with E-state index in [-0.39, 0.29) is 11.7 Å². The second kappa shape index (κ2) is 7.05. The monoisotopic (exact) mass is 384 g/mol. The van der Waals surface area contributed by atoms with Crippen molar-refractivity contribution in [3.8, 4) is 0 Å². The van der Waals surface area contributed by atoms with Crippen molar-refractivity contribution in [2.75, 3.05) is 11.1 Å². The van der Waals surface area contributed by atoms with E-state index in [0.717, 1.165) is 45.6 Å². The number of carbonyl (C=O) groups is 2. The zero-order valence-corrected chi connectivity index (χ0v) is 15.5. The molecule has 0 fully saturated rings. The number of thioether (sulfide) groups is 1. The van der Waals surface area contributed by atoms with Crippen LogP contribution in [0, 0.1) is 0 Å². The molecule has 3 aromatic rings. The Hall–Kier alpha value is -2.45. The van der Waals surface area contributed by atoms with Crippen molar-refractivity contribution in [1.29, 1.82) is 0 Å². The molecule has 4 rings (SSSR count). The van der Waals surface area contributed by atoms with Crippen molar-refractivity contribution in [1.82, 2.24) is 9.97 Å². The van der Waals surface area contributed by atoms with Crippen molar-refractivity contribution in [3.63, 3.8) is 0 Å². The minimum Gasteiger partial charge on any atom is -0.365 e. The van der Waals surface area contributed by atoms with Crippen LogP contribution in [0.3, 0.4) is 0 Å². The van der Waals surface area contributed by atoms with E-state index >= 15 is 0 Å². The summed E-state index contributed by atoms with van der Waals surface area (Å²) in [4.78, 5) is 33.9. The third-order valence-corrected chi connectivity index (χ3v) is 6.48. The highest BCUT2D eigenvalue weighted by Gasteiger charge is 2.26. The van der Waals surface area contributed by atoms with E-state index in [9.17, 15) is 9.59 Å². The first-order valence-corrected chi connectivity index (χ1v) is 10.0. The highest BCUT2D eigenvalue weighted by atomic mass is 32.2. The number of fused-ring (bicyclic) bond motifs is 2. The molecule has 0 atom stereocenters. The molecule has 0 radical (unpaired) electrons. The van der Waals surface area contributed by atoms with Gasteiger partial charge in [0.25, 0.3) is 5.91 Å². The molecule has 0 spiro atoms. The Morgan fingerprint density at radius 2 is 2.08 bits per heavy atom. The van der Waals surface area contributed by atoms with Crippen molar-refractivity contribution in [2.24, 2.45) is 5.73 Å². The van der Waals surface area contributed by atoms with Gasteiger partial charge in [-0.15, -0.1) is 11.3 Å². The van der Waals surface area contributed by atoms with Crippen LogP contribution in [0.5, 0.6) is 0 Å². The number of nitrogens with two attached hydrogens (primary N) is 1. The first-order valence-electron chi connectivity index (χ1n) is 8.20. The molecule has 2 amide bonds. The Labute approximate surface area is 158 Å². The van der Waals surface area contributed by atoms with Gasteiger partial charge in [0.2, 0.25) is 5.91 Å². The van der Waals surface area contributed by atoms with Crippen molar-refractivity contribution < 1.29 is 9.59 Å². The molecule has 132 valence electrons. The number of para-hydroxylation sites is 1. The molecule has 0 unspecified atom stereocenters. The van der Waals surface area contributed by atoms with E-state index in [1.165, 1.54) is 29.4 Å². The maximum absolute atomic E-state index is 12.4. The summed E-state index contributed by atoms with van der Waals surface area (Å²) in [5.74, 6) is -0.462. The van der Waals surface area contributed by atoms with E-state index in [1.54, 1.807) is 0 Å². The Bertz CT molecular complexity index is 1010. The number of hydrogen-bond donors (Lipinski definition) is 2. The van der Waals surface area contributed by atoms with Crippen LogP contribution in [0.25, 0.3) is 10.9 Å². The Kier molecular flexibility index (Phi) is 4.60. The van der Waals surface area contributed by atoms with Crippen LogP contribution >= 0.6 is 23.1 Å². The van der Waals surface area contributed by atoms with Crippen LogP contribution in [-0.2, 0) is 17.6 Å². The van der Waals surface area contributed by atoms with Crippen LogP contribution in [0.15, 0.2) is 35.6 Å². The predicted octanol–water partition coefficient (Wildman–Crippen LogP) is 3.01. The minimum atomic E-state index is -0.478. The fourth-order valence-corrected chi connectivity index (χ4v) is 5.25. The number of benzene rings is 1. The van der Waals surface area contributed by atoms with Gasteiger partial charge in [0.1, 0.15) is 16.4 Å². The van der Waals surface area contributed by atoms with E-state index in [1.807, 2.05) is 24.3 Å². The number of aryl methyl sites for hydroxylation is 1. The van der Waals surface area contributed by atoms with Crippen LogP contribution in [0.4, 0.5) is 5.00 Å². The van der Waals surface area contributed by atoms with Crippen molar-refractivity contribution in [2.45, 2.75) is 24.3 Å². The number of primary amides is 1. The number of hydrogen-bond acceptors (Lipinski definition) is 6. The summed E-state index contributed by atoms with van der Waals surface area (Å²) in [7, 11) is 0. The van der Waals surface area contributed by atoms with Gasteiger partial charge in [-0.25, -0.2) is 9.97 Å². The first kappa shape index (κ1) is 17.0. The highest BCUT2D eigenvalue weighted by molar-refractivity contribution is 8.00. The number of anilines is 1. The fourth-order valence-electron chi connectivity index (χ4n) is 3.14. The van der Waals surface area contributed by atoms with Crippen LogP contribution in [0.1, 0.15) is 27.2 Å². The number of nitrogens with one attached hydrogen (secondary N) is 1. The second-order valence-electron chi connectivity index (χ2n) is 5.96. The van der Waals surface area contributed by atoms with Gasteiger partial charge in [0.15, 0.2) is 0 Å². The van der Waals surface area contributed by atoms with Crippen molar-refractivity contribution >= 4 is 50.8 Å². The van der Waals surface area contributed by atoms with E-state index in [2.05, 4.69) is 15.3 Å². The van der Waals surface area contributed by atoms with E-state index < -0.39 is 5.91 Å². The summed E-state index contributed by atoms with van der Waals surface area (Å²) in [6.07, 6.45) is 4.32. The second-order valence-corrected chi connectivity index (χ2v) is 8.03. The molecular weight excluding hydrogens is 368 g/mol. The highest BCUT2D eigenvalue weighted by Crippen LogP contribution is 2.39. The summed E-state index contributed by atoms with van der Waals surface area (Å²) in [5, 5.41) is 5.10. The normalized spacial score (nSPS) is 12.9. The number of amides is 2. The Morgan fingerprint density at radius 1 is 1.23 bits per heavy atom. The maximum atomic E-state index is 12.4. The fraction of sp³-hybridized carbons (Fsp3) is 0.222. The third-order valence-electron chi connectivity index (χ3n) is 4.27. The van der Waals surface area contributed by atoms with Gasteiger partial charge in [0, 0.05) is 10.3 Å². The summed E-state index contributed by atoms with van der Waals surface area (Å²) in [6.45, 7) is 0. The first-order chi connectivity index (χ1) is 12.6. The molecule has 3 N–H and O–H groups in total. The Morgan fingerprint density at radius 3 is 2.92 bits per heavy atom. The van der Waals surface area contributed by atoms with E-state index in [4.69, 9.17) is 5.73 Å². The van der Waals surface area contributed by atoms with Crippen LogP contribution < -0.4 is 11.1 Å². The average Bonchev–Trinajstić information content (AvgIpc) is 3.20. The van der Waals surface area contributed by atoms with Gasteiger partial charge >= 0.3 is 0 Å². The molecule has 0 bridgehead atoms. The van der Waals surface area contributed by atoms with Gasteiger partial charge in [-0.1, -0.05) is 30.0 Å². The molecule has 0 saturated carbocycles. The molecule has 2 aromatic heterocycles. The van der Waals surface area contributed by atoms with Gasteiger partial charge < -0.3 is 11.1 Å². The molecular formula is C18H16N4O2S2.